The number of esters is 1. The molecule has 21 heavy (non-hydrogen) atoms. The number of hydrogen-bond donors (Lipinski definition) is 1. The van der Waals surface area contributed by atoms with Gasteiger partial charge in [-0.3, -0.25) is 19.7 Å². The average molecular weight is 292 g/mol. The topological polar surface area (TPSA) is 98.5 Å². The Bertz CT molecular complexity index is 568. The van der Waals surface area contributed by atoms with Crippen LogP contribution in [0.25, 0.3) is 0 Å². The summed E-state index contributed by atoms with van der Waals surface area (Å²) in [6.45, 7) is 1.45. The molecule has 1 aromatic carbocycles. The minimum Gasteiger partial charge on any atom is -0.452 e. The maximum atomic E-state index is 11.9. The van der Waals surface area contributed by atoms with Crippen LogP contribution in [0.4, 0.5) is 11.4 Å². The molecule has 0 bridgehead atoms. The molecule has 1 saturated carbocycles. The third kappa shape index (κ3) is 3.56. The first-order chi connectivity index (χ1) is 9.99. The molecule has 1 aliphatic rings. The van der Waals surface area contributed by atoms with Gasteiger partial charge >= 0.3 is 5.97 Å². The highest BCUT2D eigenvalue weighted by Gasteiger charge is 2.30. The van der Waals surface area contributed by atoms with E-state index in [0.29, 0.717) is 0 Å². The summed E-state index contributed by atoms with van der Waals surface area (Å²) in [4.78, 5) is 33.9. The van der Waals surface area contributed by atoms with Gasteiger partial charge in [-0.1, -0.05) is 18.6 Å². The van der Waals surface area contributed by atoms with Crippen molar-refractivity contribution in [2.75, 3.05) is 5.32 Å². The van der Waals surface area contributed by atoms with Crippen molar-refractivity contribution in [3.8, 4) is 0 Å². The van der Waals surface area contributed by atoms with Crippen LogP contribution in [0, 0.1) is 16.0 Å². The predicted molar refractivity (Wildman–Crippen MR) is 74.6 cm³/mol. The molecule has 1 aliphatic carbocycles. The quantitative estimate of drug-likeness (QED) is 0.510. The van der Waals surface area contributed by atoms with Crippen molar-refractivity contribution in [1.82, 2.24) is 0 Å². The van der Waals surface area contributed by atoms with Crippen LogP contribution in [0.15, 0.2) is 24.3 Å². The van der Waals surface area contributed by atoms with Gasteiger partial charge in [0.05, 0.1) is 10.8 Å². The van der Waals surface area contributed by atoms with E-state index in [9.17, 15) is 19.7 Å². The van der Waals surface area contributed by atoms with E-state index in [4.69, 9.17) is 4.74 Å². The number of rotatable bonds is 5. The Labute approximate surface area is 121 Å². The number of nitrogens with zero attached hydrogens (tertiary/aromatic N) is 1. The lowest BCUT2D eigenvalue weighted by molar-refractivity contribution is -0.383. The summed E-state index contributed by atoms with van der Waals surface area (Å²) in [5, 5.41) is 13.3. The third-order valence-corrected chi connectivity index (χ3v) is 3.46. The van der Waals surface area contributed by atoms with E-state index in [1.807, 2.05) is 0 Å². The normalized spacial score (nSPS) is 15.7. The van der Waals surface area contributed by atoms with Gasteiger partial charge in [0.15, 0.2) is 6.10 Å². The van der Waals surface area contributed by atoms with Crippen LogP contribution in [0.3, 0.4) is 0 Å². The third-order valence-electron chi connectivity index (χ3n) is 3.46. The number of ether oxygens (including phenoxy) is 1. The van der Waals surface area contributed by atoms with Crippen LogP contribution in [-0.4, -0.2) is 22.9 Å². The van der Waals surface area contributed by atoms with Crippen molar-refractivity contribution < 1.29 is 19.2 Å². The molecule has 112 valence electrons. The van der Waals surface area contributed by atoms with Gasteiger partial charge in [-0.05, 0) is 25.8 Å². The van der Waals surface area contributed by atoms with Gasteiger partial charge in [0.2, 0.25) is 0 Å². The van der Waals surface area contributed by atoms with Crippen molar-refractivity contribution in [3.05, 3.63) is 34.4 Å². The molecule has 0 saturated heterocycles. The summed E-state index contributed by atoms with van der Waals surface area (Å²) in [5.41, 5.74) is -0.123. The smallest absolute Gasteiger partial charge is 0.309 e. The lowest BCUT2D eigenvalue weighted by atomic mass is 9.86. The first kappa shape index (κ1) is 15.0. The van der Waals surface area contributed by atoms with Gasteiger partial charge < -0.3 is 10.1 Å². The fourth-order valence-electron chi connectivity index (χ4n) is 1.94. The first-order valence-corrected chi connectivity index (χ1v) is 6.74. The largest absolute Gasteiger partial charge is 0.452 e. The second-order valence-corrected chi connectivity index (χ2v) is 4.97. The number of hydrogen-bond acceptors (Lipinski definition) is 5. The number of nitro groups is 1. The lowest BCUT2D eigenvalue weighted by Crippen LogP contribution is -2.34. The number of nitro benzene ring substituents is 1. The Hall–Kier alpha value is -2.44. The minimum atomic E-state index is -0.988. The van der Waals surface area contributed by atoms with Crippen molar-refractivity contribution >= 4 is 23.3 Å². The number of para-hydroxylation sites is 2. The Morgan fingerprint density at radius 2 is 2.05 bits per heavy atom. The number of carbonyl (C=O) groups excluding carboxylic acids is 2. The maximum Gasteiger partial charge on any atom is 0.309 e. The van der Waals surface area contributed by atoms with Gasteiger partial charge in [0.1, 0.15) is 5.69 Å². The minimum absolute atomic E-state index is 0.0824. The van der Waals surface area contributed by atoms with Crippen LogP contribution < -0.4 is 5.32 Å². The molecule has 1 atom stereocenters. The van der Waals surface area contributed by atoms with E-state index >= 15 is 0 Å². The number of nitrogens with one attached hydrogen (secondary N) is 1. The SMILES string of the molecule is CC(OC(=O)C1CCC1)C(=O)Nc1ccccc1[N+](=O)[O-]. The summed E-state index contributed by atoms with van der Waals surface area (Å²) < 4.78 is 5.07. The predicted octanol–water partition coefficient (Wildman–Crippen LogP) is 2.27. The Morgan fingerprint density at radius 3 is 2.62 bits per heavy atom. The second kappa shape index (κ2) is 6.34. The van der Waals surface area contributed by atoms with Crippen molar-refractivity contribution in [1.29, 1.82) is 0 Å². The van der Waals surface area contributed by atoms with E-state index < -0.39 is 16.9 Å². The number of amides is 1. The highest BCUT2D eigenvalue weighted by Crippen LogP contribution is 2.28. The van der Waals surface area contributed by atoms with Crippen LogP contribution in [0.5, 0.6) is 0 Å². The monoisotopic (exact) mass is 292 g/mol. The highest BCUT2D eigenvalue weighted by atomic mass is 16.6. The van der Waals surface area contributed by atoms with Crippen LogP contribution >= 0.6 is 0 Å². The van der Waals surface area contributed by atoms with E-state index in [0.717, 1.165) is 19.3 Å². The zero-order valence-electron chi connectivity index (χ0n) is 11.6. The standard InChI is InChI=1S/C14H16N2O5/c1-9(21-14(18)10-5-4-6-10)13(17)15-11-7-2-3-8-12(11)16(19)20/h2-3,7-10H,4-6H2,1H3,(H,15,17). The fraction of sp³-hybridized carbons (Fsp3) is 0.429. The molecule has 0 heterocycles. The van der Waals surface area contributed by atoms with Gasteiger partial charge in [-0.2, -0.15) is 0 Å². The second-order valence-electron chi connectivity index (χ2n) is 4.97. The van der Waals surface area contributed by atoms with Crippen LogP contribution in [0.1, 0.15) is 26.2 Å². The molecule has 0 aliphatic heterocycles. The molecule has 7 heteroatoms. The van der Waals surface area contributed by atoms with Crippen molar-refractivity contribution in [2.24, 2.45) is 5.92 Å². The fourth-order valence-corrected chi connectivity index (χ4v) is 1.94. The molecule has 1 amide bonds. The van der Waals surface area contributed by atoms with Gasteiger partial charge in [-0.15, -0.1) is 0 Å². The molecule has 2 rings (SSSR count). The molecule has 1 fully saturated rings. The molecule has 0 spiro atoms. The van der Waals surface area contributed by atoms with Gasteiger partial charge in [0.25, 0.3) is 11.6 Å². The molecule has 7 nitrogen and oxygen atoms in total. The van der Waals surface area contributed by atoms with E-state index in [1.54, 1.807) is 6.07 Å². The van der Waals surface area contributed by atoms with E-state index in [-0.39, 0.29) is 23.3 Å². The maximum absolute atomic E-state index is 11.9. The molecule has 1 aromatic rings. The molecule has 0 aromatic heterocycles. The Balaban J connectivity index is 1.97. The molecular formula is C14H16N2O5. The molecule has 0 radical (unpaired) electrons. The van der Waals surface area contributed by atoms with Crippen molar-refractivity contribution in [2.45, 2.75) is 32.3 Å². The lowest BCUT2D eigenvalue weighted by Gasteiger charge is -2.24. The number of anilines is 1. The summed E-state index contributed by atoms with van der Waals surface area (Å²) in [6.07, 6.45) is 1.59. The van der Waals surface area contributed by atoms with Crippen LogP contribution in [-0.2, 0) is 14.3 Å². The number of benzene rings is 1. The summed E-state index contributed by atoms with van der Waals surface area (Å²) >= 11 is 0. The average Bonchev–Trinajstić information content (AvgIpc) is 2.36. The van der Waals surface area contributed by atoms with E-state index in [2.05, 4.69) is 5.32 Å². The first-order valence-electron chi connectivity index (χ1n) is 6.74. The zero-order valence-corrected chi connectivity index (χ0v) is 11.6. The van der Waals surface area contributed by atoms with Gasteiger partial charge in [0, 0.05) is 6.07 Å². The highest BCUT2D eigenvalue weighted by molar-refractivity contribution is 5.97. The van der Waals surface area contributed by atoms with Crippen LogP contribution in [0.2, 0.25) is 0 Å². The number of carbonyl (C=O) groups is 2. The van der Waals surface area contributed by atoms with E-state index in [1.165, 1.54) is 25.1 Å². The summed E-state index contributed by atoms with van der Waals surface area (Å²) in [7, 11) is 0. The van der Waals surface area contributed by atoms with Crippen molar-refractivity contribution in [3.63, 3.8) is 0 Å². The Kier molecular flexibility index (Phi) is 4.52. The molecule has 1 unspecified atom stereocenters. The summed E-state index contributed by atoms with van der Waals surface area (Å²) in [5.74, 6) is -1.09. The zero-order chi connectivity index (χ0) is 15.4. The summed E-state index contributed by atoms with van der Waals surface area (Å²) in [6, 6.07) is 5.80. The molecule has 1 N–H and O–H groups in total. The Morgan fingerprint density at radius 1 is 1.38 bits per heavy atom. The molecular weight excluding hydrogens is 276 g/mol. The van der Waals surface area contributed by atoms with Gasteiger partial charge in [-0.25, -0.2) is 0 Å².